The molecule has 0 amide bonds. The van der Waals surface area contributed by atoms with Crippen molar-refractivity contribution in [1.29, 1.82) is 0 Å². The van der Waals surface area contributed by atoms with Crippen molar-refractivity contribution in [3.05, 3.63) is 52.5 Å². The van der Waals surface area contributed by atoms with E-state index < -0.39 is 28.7 Å². The Morgan fingerprint density at radius 1 is 1.17 bits per heavy atom. The van der Waals surface area contributed by atoms with E-state index in [1.807, 2.05) is 0 Å². The third kappa shape index (κ3) is 2.24. The highest BCUT2D eigenvalue weighted by Gasteiger charge is 2.34. The van der Waals surface area contributed by atoms with Gasteiger partial charge in [0.1, 0.15) is 5.82 Å². The summed E-state index contributed by atoms with van der Waals surface area (Å²) in [6, 6.07) is 1.95. The zero-order chi connectivity index (χ0) is 13.3. The molecular weight excluding hydrogens is 252 g/mol. The van der Waals surface area contributed by atoms with Gasteiger partial charge in [0.15, 0.2) is 0 Å². The molecule has 3 nitrogen and oxygen atoms in total. The largest absolute Gasteiger partial charge is 0.417 e. The molecule has 0 atom stereocenters. The van der Waals surface area contributed by atoms with Gasteiger partial charge in [-0.25, -0.2) is 9.37 Å². The quantitative estimate of drug-likeness (QED) is 0.799. The highest BCUT2D eigenvalue weighted by Crippen LogP contribution is 2.36. The molecule has 0 bridgehead atoms. The molecule has 0 fully saturated rings. The molecule has 7 heteroatoms. The number of rotatable bonds is 1. The highest BCUT2D eigenvalue weighted by atomic mass is 19.4. The van der Waals surface area contributed by atoms with Crippen LogP contribution in [0.15, 0.2) is 35.5 Å². The minimum absolute atomic E-state index is 0.329. The Morgan fingerprint density at radius 3 is 2.50 bits per heavy atom. The van der Waals surface area contributed by atoms with E-state index in [2.05, 4.69) is 9.97 Å². The average molecular weight is 258 g/mol. The number of aromatic nitrogens is 2. The Balaban J connectivity index is 2.74. The van der Waals surface area contributed by atoms with Crippen LogP contribution in [-0.2, 0) is 6.18 Å². The van der Waals surface area contributed by atoms with Crippen LogP contribution in [0, 0.1) is 5.82 Å². The molecule has 0 radical (unpaired) electrons. The predicted octanol–water partition coefficient (Wildman–Crippen LogP) is 2.59. The van der Waals surface area contributed by atoms with Gasteiger partial charge in [-0.15, -0.1) is 0 Å². The first-order chi connectivity index (χ1) is 8.39. The van der Waals surface area contributed by atoms with Crippen LogP contribution in [0.2, 0.25) is 0 Å². The van der Waals surface area contributed by atoms with Crippen LogP contribution in [0.4, 0.5) is 17.6 Å². The van der Waals surface area contributed by atoms with Gasteiger partial charge in [-0.05, 0) is 18.2 Å². The number of nitrogens with zero attached hydrogens (tertiary/aromatic N) is 1. The Morgan fingerprint density at radius 2 is 1.89 bits per heavy atom. The number of halogens is 4. The number of H-pyrrole nitrogens is 1. The van der Waals surface area contributed by atoms with E-state index >= 15 is 0 Å². The molecule has 0 aliphatic carbocycles. The Labute approximate surface area is 98.1 Å². The number of hydrogen-bond donors (Lipinski definition) is 1. The van der Waals surface area contributed by atoms with Crippen molar-refractivity contribution in [3.8, 4) is 11.1 Å². The first-order valence-corrected chi connectivity index (χ1v) is 4.79. The molecule has 0 saturated heterocycles. The second-order valence-corrected chi connectivity index (χ2v) is 3.48. The van der Waals surface area contributed by atoms with Crippen LogP contribution in [0.1, 0.15) is 5.56 Å². The molecule has 0 spiro atoms. The summed E-state index contributed by atoms with van der Waals surface area (Å²) < 4.78 is 51.3. The Kier molecular flexibility index (Phi) is 2.90. The summed E-state index contributed by atoms with van der Waals surface area (Å²) in [6.45, 7) is 0. The Bertz CT molecular complexity index is 633. The zero-order valence-electron chi connectivity index (χ0n) is 8.75. The summed E-state index contributed by atoms with van der Waals surface area (Å²) in [5, 5.41) is 0. The average Bonchev–Trinajstić information content (AvgIpc) is 2.27. The van der Waals surface area contributed by atoms with Gasteiger partial charge in [-0.2, -0.15) is 13.2 Å². The minimum Gasteiger partial charge on any atom is -0.313 e. The van der Waals surface area contributed by atoms with Gasteiger partial charge in [0.25, 0.3) is 5.56 Å². The molecule has 0 unspecified atom stereocenters. The van der Waals surface area contributed by atoms with E-state index in [1.165, 1.54) is 0 Å². The zero-order valence-corrected chi connectivity index (χ0v) is 8.75. The SMILES string of the molecule is O=c1[nH]cncc1-c1cc(F)ccc1C(F)(F)F. The van der Waals surface area contributed by atoms with E-state index in [0.29, 0.717) is 18.2 Å². The lowest BCUT2D eigenvalue weighted by Crippen LogP contribution is -2.13. The second-order valence-electron chi connectivity index (χ2n) is 3.48. The third-order valence-corrected chi connectivity index (χ3v) is 2.30. The maximum Gasteiger partial charge on any atom is 0.417 e. The van der Waals surface area contributed by atoms with Crippen LogP contribution >= 0.6 is 0 Å². The third-order valence-electron chi connectivity index (χ3n) is 2.30. The number of aromatic amines is 1. The van der Waals surface area contributed by atoms with Crippen LogP contribution in [0.3, 0.4) is 0 Å². The van der Waals surface area contributed by atoms with Crippen molar-refractivity contribution in [2.45, 2.75) is 6.18 Å². The predicted molar refractivity (Wildman–Crippen MR) is 55.3 cm³/mol. The summed E-state index contributed by atoms with van der Waals surface area (Å²) in [5.74, 6) is -0.860. The topological polar surface area (TPSA) is 45.8 Å². The van der Waals surface area contributed by atoms with Crippen LogP contribution < -0.4 is 5.56 Å². The van der Waals surface area contributed by atoms with E-state index in [4.69, 9.17) is 0 Å². The smallest absolute Gasteiger partial charge is 0.313 e. The molecule has 0 aliphatic heterocycles. The van der Waals surface area contributed by atoms with Crippen LogP contribution in [0.25, 0.3) is 11.1 Å². The van der Waals surface area contributed by atoms with Crippen LogP contribution in [-0.4, -0.2) is 9.97 Å². The maximum absolute atomic E-state index is 13.1. The number of nitrogens with one attached hydrogen (secondary N) is 1. The second kappa shape index (κ2) is 4.25. The highest BCUT2D eigenvalue weighted by molar-refractivity contribution is 5.66. The normalized spacial score (nSPS) is 11.6. The first kappa shape index (κ1) is 12.3. The fraction of sp³-hybridized carbons (Fsp3) is 0.0909. The first-order valence-electron chi connectivity index (χ1n) is 4.79. The van der Waals surface area contributed by atoms with Crippen molar-refractivity contribution < 1.29 is 17.6 Å². The summed E-state index contributed by atoms with van der Waals surface area (Å²) >= 11 is 0. The molecule has 1 aromatic carbocycles. The van der Waals surface area contributed by atoms with Crippen LogP contribution in [0.5, 0.6) is 0 Å². The summed E-state index contributed by atoms with van der Waals surface area (Å²) in [4.78, 5) is 17.1. The van der Waals surface area contributed by atoms with Gasteiger partial charge >= 0.3 is 6.18 Å². The lowest BCUT2D eigenvalue weighted by molar-refractivity contribution is -0.137. The van der Waals surface area contributed by atoms with Crippen molar-refractivity contribution in [2.24, 2.45) is 0 Å². The van der Waals surface area contributed by atoms with Crippen molar-refractivity contribution >= 4 is 0 Å². The van der Waals surface area contributed by atoms with E-state index in [1.54, 1.807) is 0 Å². The minimum atomic E-state index is -4.68. The monoisotopic (exact) mass is 258 g/mol. The summed E-state index contributed by atoms with van der Waals surface area (Å²) in [7, 11) is 0. The van der Waals surface area contributed by atoms with Crippen molar-refractivity contribution in [1.82, 2.24) is 9.97 Å². The van der Waals surface area contributed by atoms with E-state index in [0.717, 1.165) is 12.5 Å². The summed E-state index contributed by atoms with van der Waals surface area (Å²) in [6.07, 6.45) is -2.67. The standard InChI is InChI=1S/C11H6F4N2O/c12-6-1-2-9(11(13,14)15)7(3-6)8-4-16-5-17-10(8)18/h1-5H,(H,16,17,18). The molecule has 2 aromatic rings. The molecular formula is C11H6F4N2O. The van der Waals surface area contributed by atoms with Gasteiger partial charge in [-0.1, -0.05) is 0 Å². The van der Waals surface area contributed by atoms with Gasteiger partial charge in [-0.3, -0.25) is 4.79 Å². The lowest BCUT2D eigenvalue weighted by atomic mass is 10.0. The maximum atomic E-state index is 13.1. The van der Waals surface area contributed by atoms with Gasteiger partial charge < -0.3 is 4.98 Å². The number of hydrogen-bond acceptors (Lipinski definition) is 2. The van der Waals surface area contributed by atoms with E-state index in [-0.39, 0.29) is 5.56 Å². The fourth-order valence-corrected chi connectivity index (χ4v) is 1.52. The molecule has 0 aliphatic rings. The molecule has 1 aromatic heterocycles. The molecule has 18 heavy (non-hydrogen) atoms. The lowest BCUT2D eigenvalue weighted by Gasteiger charge is -2.12. The molecule has 2 rings (SSSR count). The number of alkyl halides is 3. The van der Waals surface area contributed by atoms with Gasteiger partial charge in [0.05, 0.1) is 17.5 Å². The number of benzene rings is 1. The van der Waals surface area contributed by atoms with E-state index in [9.17, 15) is 22.4 Å². The van der Waals surface area contributed by atoms with Crippen molar-refractivity contribution in [2.75, 3.05) is 0 Å². The Hall–Kier alpha value is -2.18. The van der Waals surface area contributed by atoms with Gasteiger partial charge in [0, 0.05) is 11.8 Å². The van der Waals surface area contributed by atoms with Gasteiger partial charge in [0.2, 0.25) is 0 Å². The molecule has 1 heterocycles. The summed E-state index contributed by atoms with van der Waals surface area (Å²) in [5.41, 5.74) is -2.70. The molecule has 0 saturated carbocycles. The molecule has 94 valence electrons. The fourth-order valence-electron chi connectivity index (χ4n) is 1.52. The molecule has 1 N–H and O–H groups in total. The van der Waals surface area contributed by atoms with Crippen molar-refractivity contribution in [3.63, 3.8) is 0 Å².